The number of fused-ring (bicyclic) bond motifs is 1. The van der Waals surface area contributed by atoms with Gasteiger partial charge in [0.15, 0.2) is 0 Å². The van der Waals surface area contributed by atoms with Gasteiger partial charge in [-0.25, -0.2) is 4.79 Å². The molecule has 1 aromatic carbocycles. The van der Waals surface area contributed by atoms with Crippen molar-refractivity contribution >= 4 is 17.5 Å². The first-order chi connectivity index (χ1) is 8.75. The summed E-state index contributed by atoms with van der Waals surface area (Å²) in [5.41, 5.74) is 3.24. The molecule has 18 heavy (non-hydrogen) atoms. The molecule has 0 saturated heterocycles. The number of carbonyl (C=O) groups is 1. The van der Waals surface area contributed by atoms with Crippen LogP contribution in [0.2, 0.25) is 0 Å². The molecule has 3 nitrogen and oxygen atoms in total. The molecule has 0 aliphatic heterocycles. The lowest BCUT2D eigenvalue weighted by Gasteiger charge is -2.22. The maximum absolute atomic E-state index is 11.1. The highest BCUT2D eigenvalue weighted by Gasteiger charge is 2.27. The van der Waals surface area contributed by atoms with Crippen LogP contribution >= 0.6 is 11.5 Å². The summed E-state index contributed by atoms with van der Waals surface area (Å²) in [6.45, 7) is 0. The van der Waals surface area contributed by atoms with E-state index in [9.17, 15) is 4.79 Å². The highest BCUT2D eigenvalue weighted by Crippen LogP contribution is 2.35. The third-order valence-corrected chi connectivity index (χ3v) is 4.43. The highest BCUT2D eigenvalue weighted by atomic mass is 32.1. The van der Waals surface area contributed by atoms with E-state index >= 15 is 0 Å². The van der Waals surface area contributed by atoms with Crippen LogP contribution in [0.3, 0.4) is 0 Å². The van der Waals surface area contributed by atoms with Crippen molar-refractivity contribution in [3.05, 3.63) is 52.0 Å². The largest absolute Gasteiger partial charge is 0.477 e. The van der Waals surface area contributed by atoms with E-state index in [1.165, 1.54) is 5.56 Å². The Kier molecular flexibility index (Phi) is 2.88. The normalized spacial score (nSPS) is 18.3. The molecule has 0 fully saturated rings. The van der Waals surface area contributed by atoms with E-state index < -0.39 is 5.97 Å². The van der Waals surface area contributed by atoms with Crippen LogP contribution < -0.4 is 0 Å². The predicted molar refractivity (Wildman–Crippen MR) is 70.3 cm³/mol. The van der Waals surface area contributed by atoms with Crippen molar-refractivity contribution in [3.8, 4) is 0 Å². The molecular formula is C14H13NO2S. The smallest absolute Gasteiger partial charge is 0.347 e. The van der Waals surface area contributed by atoms with Crippen LogP contribution in [0.1, 0.15) is 38.8 Å². The Morgan fingerprint density at radius 1 is 1.33 bits per heavy atom. The molecule has 1 unspecified atom stereocenters. The summed E-state index contributed by atoms with van der Waals surface area (Å²) >= 11 is 1.12. The second-order valence-corrected chi connectivity index (χ2v) is 5.37. The van der Waals surface area contributed by atoms with Crippen molar-refractivity contribution in [1.29, 1.82) is 0 Å². The Morgan fingerprint density at radius 3 is 2.83 bits per heavy atom. The van der Waals surface area contributed by atoms with E-state index in [2.05, 4.69) is 16.5 Å². The van der Waals surface area contributed by atoms with Crippen molar-refractivity contribution in [2.75, 3.05) is 0 Å². The van der Waals surface area contributed by atoms with E-state index in [0.717, 1.165) is 42.1 Å². The summed E-state index contributed by atoms with van der Waals surface area (Å²) in [7, 11) is 0. The van der Waals surface area contributed by atoms with Gasteiger partial charge in [-0.05, 0) is 42.3 Å². The van der Waals surface area contributed by atoms with E-state index in [-0.39, 0.29) is 0 Å². The third-order valence-electron chi connectivity index (χ3n) is 3.51. The van der Waals surface area contributed by atoms with Crippen LogP contribution in [0, 0.1) is 0 Å². The van der Waals surface area contributed by atoms with Gasteiger partial charge in [0.05, 0.1) is 5.69 Å². The fourth-order valence-corrected chi connectivity index (χ4v) is 3.38. The van der Waals surface area contributed by atoms with Gasteiger partial charge in [-0.2, -0.15) is 4.37 Å². The monoisotopic (exact) mass is 259 g/mol. The second kappa shape index (κ2) is 4.53. The van der Waals surface area contributed by atoms with Crippen LogP contribution in [0.4, 0.5) is 0 Å². The Morgan fingerprint density at radius 2 is 2.11 bits per heavy atom. The Hall–Kier alpha value is -1.68. The number of carboxylic acid groups (broad SMARTS) is 1. The molecule has 2 aromatic rings. The van der Waals surface area contributed by atoms with Crippen molar-refractivity contribution < 1.29 is 9.90 Å². The molecule has 0 saturated carbocycles. The number of aryl methyl sites for hydroxylation is 1. The third kappa shape index (κ3) is 1.93. The molecule has 1 atom stereocenters. The molecule has 1 aliphatic carbocycles. The number of carboxylic acids is 1. The van der Waals surface area contributed by atoms with Crippen molar-refractivity contribution in [1.82, 2.24) is 4.37 Å². The molecule has 92 valence electrons. The van der Waals surface area contributed by atoms with Gasteiger partial charge < -0.3 is 5.11 Å². The molecule has 0 bridgehead atoms. The zero-order valence-electron chi connectivity index (χ0n) is 9.80. The van der Waals surface area contributed by atoms with Gasteiger partial charge >= 0.3 is 5.97 Å². The van der Waals surface area contributed by atoms with Gasteiger partial charge in [0.2, 0.25) is 0 Å². The van der Waals surface area contributed by atoms with E-state index in [1.54, 1.807) is 0 Å². The first kappa shape index (κ1) is 11.4. The Bertz CT molecular complexity index is 577. The number of aromatic carboxylic acids is 1. The van der Waals surface area contributed by atoms with Crippen LogP contribution in [-0.4, -0.2) is 15.4 Å². The zero-order valence-corrected chi connectivity index (χ0v) is 10.6. The number of nitrogens with zero attached hydrogens (tertiary/aromatic N) is 1. The van der Waals surface area contributed by atoms with E-state index in [4.69, 9.17) is 5.11 Å². The number of aromatic nitrogens is 1. The lowest BCUT2D eigenvalue weighted by atomic mass is 9.82. The highest BCUT2D eigenvalue weighted by molar-refractivity contribution is 7.08. The minimum Gasteiger partial charge on any atom is -0.477 e. The minimum absolute atomic E-state index is 0.422. The quantitative estimate of drug-likeness (QED) is 0.901. The molecule has 4 heteroatoms. The molecule has 1 heterocycles. The summed E-state index contributed by atoms with van der Waals surface area (Å²) < 4.78 is 4.27. The lowest BCUT2D eigenvalue weighted by Crippen LogP contribution is -2.14. The number of hydrogen-bond acceptors (Lipinski definition) is 3. The topological polar surface area (TPSA) is 50.2 Å². The fraction of sp³-hybridized carbons (Fsp3) is 0.286. The number of rotatable bonds is 2. The van der Waals surface area contributed by atoms with Gasteiger partial charge in [-0.1, -0.05) is 30.3 Å². The maximum atomic E-state index is 11.1. The van der Waals surface area contributed by atoms with E-state index in [1.807, 2.05) is 18.2 Å². The van der Waals surface area contributed by atoms with Crippen molar-refractivity contribution in [2.45, 2.75) is 25.2 Å². The van der Waals surface area contributed by atoms with Crippen LogP contribution in [-0.2, 0) is 12.8 Å². The average molecular weight is 259 g/mol. The maximum Gasteiger partial charge on any atom is 0.347 e. The molecule has 0 radical (unpaired) electrons. The fourth-order valence-electron chi connectivity index (χ4n) is 2.59. The standard InChI is InChI=1S/C14H13NO2S/c16-14(17)13-11-8-10(6-7-12(11)15-18-13)9-4-2-1-3-5-9/h1-5,10H,6-8H2,(H,16,17). The Labute approximate surface area is 109 Å². The first-order valence-corrected chi connectivity index (χ1v) is 6.78. The molecule has 0 spiro atoms. The molecule has 1 N–H and O–H groups in total. The molecular weight excluding hydrogens is 246 g/mol. The SMILES string of the molecule is O=C(O)c1snc2c1CC(c1ccccc1)CC2. The minimum atomic E-state index is -0.845. The summed E-state index contributed by atoms with van der Waals surface area (Å²) in [6.07, 6.45) is 2.75. The molecule has 1 aromatic heterocycles. The van der Waals surface area contributed by atoms with Gasteiger partial charge in [-0.3, -0.25) is 0 Å². The second-order valence-electron chi connectivity index (χ2n) is 4.59. The Balaban J connectivity index is 1.93. The summed E-state index contributed by atoms with van der Waals surface area (Å²) in [6, 6.07) is 10.3. The average Bonchev–Trinajstić information content (AvgIpc) is 2.82. The van der Waals surface area contributed by atoms with Crippen LogP contribution in [0.5, 0.6) is 0 Å². The molecule has 0 amide bonds. The summed E-state index contributed by atoms with van der Waals surface area (Å²) in [5.74, 6) is -0.421. The predicted octanol–water partition coefficient (Wildman–Crippen LogP) is 3.11. The summed E-state index contributed by atoms with van der Waals surface area (Å²) in [5, 5.41) is 9.16. The van der Waals surface area contributed by atoms with Gasteiger partial charge in [-0.15, -0.1) is 0 Å². The summed E-state index contributed by atoms with van der Waals surface area (Å²) in [4.78, 5) is 11.6. The zero-order chi connectivity index (χ0) is 12.5. The van der Waals surface area contributed by atoms with Crippen LogP contribution in [0.15, 0.2) is 30.3 Å². The van der Waals surface area contributed by atoms with E-state index in [0.29, 0.717) is 10.8 Å². The number of benzene rings is 1. The van der Waals surface area contributed by atoms with Crippen molar-refractivity contribution in [2.24, 2.45) is 0 Å². The number of hydrogen-bond donors (Lipinski definition) is 1. The first-order valence-electron chi connectivity index (χ1n) is 6.01. The van der Waals surface area contributed by atoms with Crippen LogP contribution in [0.25, 0.3) is 0 Å². The van der Waals surface area contributed by atoms with Gasteiger partial charge in [0.25, 0.3) is 0 Å². The lowest BCUT2D eigenvalue weighted by molar-refractivity contribution is 0.0700. The van der Waals surface area contributed by atoms with Gasteiger partial charge in [0, 0.05) is 5.56 Å². The van der Waals surface area contributed by atoms with Crippen molar-refractivity contribution in [3.63, 3.8) is 0 Å². The molecule has 1 aliphatic rings. The van der Waals surface area contributed by atoms with Gasteiger partial charge in [0.1, 0.15) is 4.88 Å². The molecule has 3 rings (SSSR count).